The summed E-state index contributed by atoms with van der Waals surface area (Å²) in [5, 5.41) is 0. The SMILES string of the molecule is Brc1cc(-c2ccncc2)cc(-c2cc(-c3ccc(-c4ccncc4)cc3)nc(-c3ccccc3)n2)c1. The Bertz CT molecular complexity index is 1650. The smallest absolute Gasteiger partial charge is 0.160 e. The fourth-order valence-electron chi connectivity index (χ4n) is 4.29. The van der Waals surface area contributed by atoms with E-state index in [0.717, 1.165) is 54.8 Å². The minimum atomic E-state index is 0.691. The van der Waals surface area contributed by atoms with Crippen molar-refractivity contribution in [3.8, 4) is 56.2 Å². The normalized spacial score (nSPS) is 10.8. The van der Waals surface area contributed by atoms with Gasteiger partial charge in [-0.25, -0.2) is 9.97 Å². The van der Waals surface area contributed by atoms with E-state index in [1.165, 1.54) is 0 Å². The van der Waals surface area contributed by atoms with Crippen LogP contribution < -0.4 is 0 Å². The molecule has 4 nitrogen and oxygen atoms in total. The van der Waals surface area contributed by atoms with E-state index >= 15 is 0 Å². The van der Waals surface area contributed by atoms with E-state index < -0.39 is 0 Å². The van der Waals surface area contributed by atoms with Crippen LogP contribution in [-0.4, -0.2) is 19.9 Å². The Morgan fingerprint density at radius 3 is 1.57 bits per heavy atom. The van der Waals surface area contributed by atoms with E-state index in [2.05, 4.69) is 74.4 Å². The van der Waals surface area contributed by atoms with E-state index in [-0.39, 0.29) is 0 Å². The van der Waals surface area contributed by atoms with Gasteiger partial charge in [-0.3, -0.25) is 9.97 Å². The highest BCUT2D eigenvalue weighted by Gasteiger charge is 2.12. The number of nitrogens with zero attached hydrogens (tertiary/aromatic N) is 4. The van der Waals surface area contributed by atoms with E-state index in [0.29, 0.717) is 5.82 Å². The Kier molecular flexibility index (Phi) is 6.36. The van der Waals surface area contributed by atoms with Crippen LogP contribution in [0.1, 0.15) is 0 Å². The van der Waals surface area contributed by atoms with Gasteiger partial charge in [-0.05, 0) is 70.8 Å². The number of hydrogen-bond donors (Lipinski definition) is 0. The van der Waals surface area contributed by atoms with Crippen LogP contribution in [-0.2, 0) is 0 Å². The van der Waals surface area contributed by atoms with Gasteiger partial charge in [0.1, 0.15) is 0 Å². The molecule has 37 heavy (non-hydrogen) atoms. The highest BCUT2D eigenvalue weighted by atomic mass is 79.9. The number of pyridine rings is 2. The van der Waals surface area contributed by atoms with E-state index in [1.807, 2.05) is 79.4 Å². The molecule has 0 unspecified atom stereocenters. The Morgan fingerprint density at radius 1 is 0.405 bits per heavy atom. The van der Waals surface area contributed by atoms with Gasteiger partial charge < -0.3 is 0 Å². The number of aromatic nitrogens is 4. The Labute approximate surface area is 223 Å². The zero-order valence-corrected chi connectivity index (χ0v) is 21.4. The van der Waals surface area contributed by atoms with Crippen LogP contribution in [0, 0.1) is 0 Å². The molecule has 0 atom stereocenters. The molecule has 0 saturated carbocycles. The second kappa shape index (κ2) is 10.2. The molecule has 5 heteroatoms. The predicted molar refractivity (Wildman–Crippen MR) is 153 cm³/mol. The molecule has 0 amide bonds. The van der Waals surface area contributed by atoms with Gasteiger partial charge in [0.2, 0.25) is 0 Å². The summed E-state index contributed by atoms with van der Waals surface area (Å²) in [6.07, 6.45) is 7.23. The Balaban J connectivity index is 1.47. The van der Waals surface area contributed by atoms with Crippen molar-refractivity contribution < 1.29 is 0 Å². The summed E-state index contributed by atoms with van der Waals surface area (Å²) in [5.74, 6) is 0.691. The monoisotopic (exact) mass is 540 g/mol. The van der Waals surface area contributed by atoms with E-state index in [9.17, 15) is 0 Å². The van der Waals surface area contributed by atoms with Crippen LogP contribution in [0.25, 0.3) is 56.2 Å². The average Bonchev–Trinajstić information content (AvgIpc) is 2.98. The van der Waals surface area contributed by atoms with Crippen LogP contribution in [0.2, 0.25) is 0 Å². The molecule has 0 N–H and O–H groups in total. The summed E-state index contributed by atoms with van der Waals surface area (Å²) in [5.41, 5.74) is 9.21. The van der Waals surface area contributed by atoms with Crippen LogP contribution in [0.5, 0.6) is 0 Å². The molecule has 3 aromatic carbocycles. The van der Waals surface area contributed by atoms with Gasteiger partial charge >= 0.3 is 0 Å². The summed E-state index contributed by atoms with van der Waals surface area (Å²) in [6, 6.07) is 35.0. The third-order valence-corrected chi connectivity index (χ3v) is 6.62. The lowest BCUT2D eigenvalue weighted by atomic mass is 10.0. The Morgan fingerprint density at radius 2 is 0.919 bits per heavy atom. The van der Waals surface area contributed by atoms with Crippen molar-refractivity contribution in [2.75, 3.05) is 0 Å². The van der Waals surface area contributed by atoms with Gasteiger partial charge in [0.05, 0.1) is 11.4 Å². The minimum Gasteiger partial charge on any atom is -0.265 e. The molecule has 0 fully saturated rings. The number of hydrogen-bond acceptors (Lipinski definition) is 4. The first-order chi connectivity index (χ1) is 18.2. The maximum absolute atomic E-state index is 4.99. The van der Waals surface area contributed by atoms with Crippen molar-refractivity contribution >= 4 is 15.9 Å². The Hall–Kier alpha value is -4.48. The molecule has 0 bridgehead atoms. The molecule has 0 radical (unpaired) electrons. The zero-order chi connectivity index (χ0) is 25.0. The molecule has 6 rings (SSSR count). The fourth-order valence-corrected chi connectivity index (χ4v) is 4.78. The highest BCUT2D eigenvalue weighted by molar-refractivity contribution is 9.10. The molecule has 0 spiro atoms. The van der Waals surface area contributed by atoms with Gasteiger partial charge in [-0.15, -0.1) is 0 Å². The standard InChI is InChI=1S/C32H21BrN4/c33-29-19-27(24-12-16-35-17-13-24)18-28(20-29)31-21-30(36-32(37-31)26-4-2-1-3-5-26)25-8-6-22(7-9-25)23-10-14-34-15-11-23/h1-21H. The molecule has 0 saturated heterocycles. The summed E-state index contributed by atoms with van der Waals surface area (Å²) in [7, 11) is 0. The predicted octanol–water partition coefficient (Wildman–Crippen LogP) is 8.36. The number of rotatable bonds is 5. The van der Waals surface area contributed by atoms with E-state index in [4.69, 9.17) is 9.97 Å². The summed E-state index contributed by atoms with van der Waals surface area (Å²) >= 11 is 3.70. The van der Waals surface area contributed by atoms with Crippen molar-refractivity contribution in [2.24, 2.45) is 0 Å². The summed E-state index contributed by atoms with van der Waals surface area (Å²) < 4.78 is 0.986. The maximum atomic E-state index is 4.99. The van der Waals surface area contributed by atoms with Crippen LogP contribution in [0.4, 0.5) is 0 Å². The van der Waals surface area contributed by atoms with Gasteiger partial charge in [0, 0.05) is 46.0 Å². The lowest BCUT2D eigenvalue weighted by Crippen LogP contribution is -1.96. The quantitative estimate of drug-likeness (QED) is 0.220. The molecule has 0 aliphatic heterocycles. The number of halogens is 1. The topological polar surface area (TPSA) is 51.6 Å². The van der Waals surface area contributed by atoms with Gasteiger partial charge in [-0.2, -0.15) is 0 Å². The lowest BCUT2D eigenvalue weighted by Gasteiger charge is -2.12. The second-order valence-corrected chi connectivity index (χ2v) is 9.52. The largest absolute Gasteiger partial charge is 0.265 e. The zero-order valence-electron chi connectivity index (χ0n) is 19.8. The van der Waals surface area contributed by atoms with Crippen LogP contribution in [0.3, 0.4) is 0 Å². The van der Waals surface area contributed by atoms with Gasteiger partial charge in [0.25, 0.3) is 0 Å². The minimum absolute atomic E-state index is 0.691. The average molecular weight is 541 g/mol. The summed E-state index contributed by atoms with van der Waals surface area (Å²) in [6.45, 7) is 0. The highest BCUT2D eigenvalue weighted by Crippen LogP contribution is 2.33. The molecule has 6 aromatic rings. The molecule has 176 valence electrons. The molecular formula is C32H21BrN4. The van der Waals surface area contributed by atoms with Crippen LogP contribution >= 0.6 is 15.9 Å². The molecule has 0 aliphatic rings. The van der Waals surface area contributed by atoms with Crippen molar-refractivity contribution in [3.63, 3.8) is 0 Å². The van der Waals surface area contributed by atoms with Crippen molar-refractivity contribution in [2.45, 2.75) is 0 Å². The first-order valence-corrected chi connectivity index (χ1v) is 12.7. The lowest BCUT2D eigenvalue weighted by molar-refractivity contribution is 1.18. The summed E-state index contributed by atoms with van der Waals surface area (Å²) in [4.78, 5) is 18.2. The van der Waals surface area contributed by atoms with E-state index in [1.54, 1.807) is 0 Å². The van der Waals surface area contributed by atoms with Crippen molar-refractivity contribution in [1.82, 2.24) is 19.9 Å². The first kappa shape index (κ1) is 23.0. The third-order valence-electron chi connectivity index (χ3n) is 6.16. The molecule has 3 heterocycles. The van der Waals surface area contributed by atoms with Crippen LogP contribution in [0.15, 0.2) is 132 Å². The molecule has 0 aliphatic carbocycles. The maximum Gasteiger partial charge on any atom is 0.160 e. The molecule has 3 aromatic heterocycles. The van der Waals surface area contributed by atoms with Gasteiger partial charge in [0.15, 0.2) is 5.82 Å². The molecular weight excluding hydrogens is 520 g/mol. The first-order valence-electron chi connectivity index (χ1n) is 11.9. The van der Waals surface area contributed by atoms with Crippen molar-refractivity contribution in [1.29, 1.82) is 0 Å². The fraction of sp³-hybridized carbons (Fsp3) is 0. The third kappa shape index (κ3) is 5.08. The van der Waals surface area contributed by atoms with Gasteiger partial charge in [-0.1, -0.05) is 70.5 Å². The second-order valence-electron chi connectivity index (χ2n) is 8.61. The van der Waals surface area contributed by atoms with Crippen molar-refractivity contribution in [3.05, 3.63) is 132 Å². The number of benzene rings is 3.